The Kier molecular flexibility index (Phi) is 6.21. The van der Waals surface area contributed by atoms with Crippen molar-refractivity contribution < 1.29 is 14.3 Å². The van der Waals surface area contributed by atoms with E-state index in [0.29, 0.717) is 25.2 Å². The monoisotopic (exact) mass is 367 g/mol. The molecule has 1 aliphatic heterocycles. The molecular formula is C18H23ClFN3O2. The smallest absolute Gasteiger partial charge is 0.253 e. The molecule has 0 spiro atoms. The van der Waals surface area contributed by atoms with Gasteiger partial charge in [-0.1, -0.05) is 0 Å². The fourth-order valence-corrected chi connectivity index (χ4v) is 3.23. The summed E-state index contributed by atoms with van der Waals surface area (Å²) in [5, 5.41) is 15.8. The lowest BCUT2D eigenvalue weighted by Crippen LogP contribution is -2.34. The SMILES string of the molecule is Cc1cc(C(=O)NCC2CNCC2O)c(C)n1-c1ccc(F)cc1.Cl. The number of rotatable bonds is 4. The van der Waals surface area contributed by atoms with Gasteiger partial charge in [0.15, 0.2) is 0 Å². The maximum absolute atomic E-state index is 13.1. The number of hydrogen-bond acceptors (Lipinski definition) is 3. The molecule has 0 saturated carbocycles. The number of nitrogens with one attached hydrogen (secondary N) is 2. The van der Waals surface area contributed by atoms with E-state index in [1.54, 1.807) is 12.1 Å². The maximum atomic E-state index is 13.1. The maximum Gasteiger partial charge on any atom is 0.253 e. The fraction of sp³-hybridized carbons (Fsp3) is 0.389. The first kappa shape index (κ1) is 19.4. The van der Waals surface area contributed by atoms with E-state index < -0.39 is 6.10 Å². The minimum Gasteiger partial charge on any atom is -0.391 e. The van der Waals surface area contributed by atoms with Gasteiger partial charge in [0.05, 0.1) is 11.7 Å². The van der Waals surface area contributed by atoms with E-state index in [-0.39, 0.29) is 30.0 Å². The van der Waals surface area contributed by atoms with Crippen LogP contribution in [0.1, 0.15) is 21.7 Å². The summed E-state index contributed by atoms with van der Waals surface area (Å²) in [7, 11) is 0. The first-order chi connectivity index (χ1) is 11.5. The number of hydrogen-bond donors (Lipinski definition) is 3. The summed E-state index contributed by atoms with van der Waals surface area (Å²) in [5.74, 6) is -0.409. The van der Waals surface area contributed by atoms with Crippen molar-refractivity contribution >= 4 is 18.3 Å². The van der Waals surface area contributed by atoms with Gasteiger partial charge in [0.1, 0.15) is 5.82 Å². The number of halogens is 2. The van der Waals surface area contributed by atoms with Crippen LogP contribution in [0.15, 0.2) is 30.3 Å². The largest absolute Gasteiger partial charge is 0.391 e. The van der Waals surface area contributed by atoms with Gasteiger partial charge in [0.2, 0.25) is 0 Å². The van der Waals surface area contributed by atoms with Gasteiger partial charge < -0.3 is 20.3 Å². The number of aryl methyl sites for hydroxylation is 1. The number of aliphatic hydroxyl groups is 1. The van der Waals surface area contributed by atoms with Crippen molar-refractivity contribution in [3.63, 3.8) is 0 Å². The molecule has 1 amide bonds. The van der Waals surface area contributed by atoms with Gasteiger partial charge in [-0.05, 0) is 44.2 Å². The van der Waals surface area contributed by atoms with Crippen LogP contribution in [0, 0.1) is 25.6 Å². The second-order valence-electron chi connectivity index (χ2n) is 6.29. The Hall–Kier alpha value is -1.89. The van der Waals surface area contributed by atoms with Crippen LogP contribution < -0.4 is 10.6 Å². The molecule has 1 aromatic heterocycles. The Morgan fingerprint density at radius 1 is 1.32 bits per heavy atom. The molecule has 3 N–H and O–H groups in total. The van der Waals surface area contributed by atoms with Gasteiger partial charge in [0.25, 0.3) is 5.91 Å². The van der Waals surface area contributed by atoms with Gasteiger partial charge in [-0.25, -0.2) is 4.39 Å². The van der Waals surface area contributed by atoms with Crippen LogP contribution in [0.3, 0.4) is 0 Å². The molecule has 2 atom stereocenters. The van der Waals surface area contributed by atoms with Gasteiger partial charge in [-0.3, -0.25) is 4.79 Å². The second kappa shape index (κ2) is 7.99. The predicted molar refractivity (Wildman–Crippen MR) is 97.1 cm³/mol. The van der Waals surface area contributed by atoms with Gasteiger partial charge >= 0.3 is 0 Å². The highest BCUT2D eigenvalue weighted by atomic mass is 35.5. The molecule has 3 rings (SSSR count). The molecule has 1 fully saturated rings. The summed E-state index contributed by atoms with van der Waals surface area (Å²) < 4.78 is 15.0. The van der Waals surface area contributed by atoms with Crippen molar-refractivity contribution in [2.45, 2.75) is 20.0 Å². The topological polar surface area (TPSA) is 66.3 Å². The molecule has 0 aliphatic carbocycles. The average Bonchev–Trinajstić information content (AvgIpc) is 3.09. The minimum atomic E-state index is -0.419. The van der Waals surface area contributed by atoms with Gasteiger partial charge in [-0.15, -0.1) is 12.4 Å². The Bertz CT molecular complexity index is 746. The molecule has 7 heteroatoms. The summed E-state index contributed by atoms with van der Waals surface area (Å²) in [6.07, 6.45) is -0.419. The zero-order valence-corrected chi connectivity index (χ0v) is 15.1. The molecule has 2 unspecified atom stereocenters. The summed E-state index contributed by atoms with van der Waals surface area (Å²) in [6.45, 7) is 5.50. The number of aliphatic hydroxyl groups excluding tert-OH is 1. The first-order valence-electron chi connectivity index (χ1n) is 8.09. The van der Waals surface area contributed by atoms with Crippen LogP contribution in [0.25, 0.3) is 5.69 Å². The summed E-state index contributed by atoms with van der Waals surface area (Å²) in [5.41, 5.74) is 3.13. The zero-order chi connectivity index (χ0) is 17.3. The highest BCUT2D eigenvalue weighted by Crippen LogP contribution is 2.21. The van der Waals surface area contributed by atoms with E-state index in [2.05, 4.69) is 10.6 Å². The van der Waals surface area contributed by atoms with Crippen LogP contribution in [0.2, 0.25) is 0 Å². The summed E-state index contributed by atoms with van der Waals surface area (Å²) in [4.78, 5) is 12.5. The van der Waals surface area contributed by atoms with Crippen LogP contribution in [-0.4, -0.2) is 41.3 Å². The number of nitrogens with zero attached hydrogens (tertiary/aromatic N) is 1. The molecule has 2 aromatic rings. The third kappa shape index (κ3) is 4.03. The molecule has 0 bridgehead atoms. The Morgan fingerprint density at radius 2 is 2.00 bits per heavy atom. The lowest BCUT2D eigenvalue weighted by atomic mass is 10.1. The van der Waals surface area contributed by atoms with Crippen molar-refractivity contribution in [1.29, 1.82) is 0 Å². The zero-order valence-electron chi connectivity index (χ0n) is 14.3. The van der Waals surface area contributed by atoms with E-state index in [4.69, 9.17) is 0 Å². The Labute approximate surface area is 152 Å². The van der Waals surface area contributed by atoms with E-state index in [1.165, 1.54) is 12.1 Å². The number of carbonyl (C=O) groups is 1. The first-order valence-corrected chi connectivity index (χ1v) is 8.09. The van der Waals surface area contributed by atoms with Crippen molar-refractivity contribution in [3.8, 4) is 5.69 Å². The van der Waals surface area contributed by atoms with Gasteiger partial charge in [-0.2, -0.15) is 0 Å². The molecule has 1 aliphatic rings. The normalized spacial score (nSPS) is 19.5. The standard InChI is InChI=1S/C18H22FN3O2.ClH/c1-11-7-16(18(24)21-9-13-8-20-10-17(13)23)12(2)22(11)15-5-3-14(19)4-6-15;/h3-7,13,17,20,23H,8-10H2,1-2H3,(H,21,24);1H. The van der Waals surface area contributed by atoms with Crippen LogP contribution in [0.4, 0.5) is 4.39 Å². The summed E-state index contributed by atoms with van der Waals surface area (Å²) in [6, 6.07) is 8.03. The molecule has 0 radical (unpaired) electrons. The van der Waals surface area contributed by atoms with Crippen molar-refractivity contribution in [2.24, 2.45) is 5.92 Å². The van der Waals surface area contributed by atoms with Gasteiger partial charge in [0, 0.05) is 42.6 Å². The minimum absolute atomic E-state index is 0. The van der Waals surface area contributed by atoms with Crippen LogP contribution in [-0.2, 0) is 0 Å². The molecule has 25 heavy (non-hydrogen) atoms. The number of amides is 1. The van der Waals surface area contributed by atoms with Crippen molar-refractivity contribution in [1.82, 2.24) is 15.2 Å². The number of carbonyl (C=O) groups excluding carboxylic acids is 1. The molecule has 2 heterocycles. The second-order valence-corrected chi connectivity index (χ2v) is 6.29. The lowest BCUT2D eigenvalue weighted by molar-refractivity contribution is 0.0926. The van der Waals surface area contributed by atoms with E-state index in [1.807, 2.05) is 24.5 Å². The molecule has 136 valence electrons. The average molecular weight is 368 g/mol. The lowest BCUT2D eigenvalue weighted by Gasteiger charge is -2.14. The highest BCUT2D eigenvalue weighted by molar-refractivity contribution is 5.95. The molecular weight excluding hydrogens is 345 g/mol. The Balaban J connectivity index is 0.00000225. The molecule has 1 saturated heterocycles. The third-order valence-corrected chi connectivity index (χ3v) is 4.59. The van der Waals surface area contributed by atoms with Crippen molar-refractivity contribution in [2.75, 3.05) is 19.6 Å². The van der Waals surface area contributed by atoms with Crippen LogP contribution >= 0.6 is 12.4 Å². The molecule has 5 nitrogen and oxygen atoms in total. The molecule has 1 aromatic carbocycles. The van der Waals surface area contributed by atoms with E-state index in [9.17, 15) is 14.3 Å². The number of aromatic nitrogens is 1. The third-order valence-electron chi connectivity index (χ3n) is 4.59. The summed E-state index contributed by atoms with van der Waals surface area (Å²) >= 11 is 0. The van der Waals surface area contributed by atoms with E-state index >= 15 is 0 Å². The predicted octanol–water partition coefficient (Wildman–Crippen LogP) is 1.97. The number of benzene rings is 1. The fourth-order valence-electron chi connectivity index (χ4n) is 3.23. The number of β-amino-alcohol motifs (C(OH)–C–C–N with tert-alkyl or cyclic N) is 1. The Morgan fingerprint density at radius 3 is 2.60 bits per heavy atom. The van der Waals surface area contributed by atoms with Crippen molar-refractivity contribution in [3.05, 3.63) is 53.1 Å². The van der Waals surface area contributed by atoms with E-state index in [0.717, 1.165) is 17.1 Å². The highest BCUT2D eigenvalue weighted by Gasteiger charge is 2.26. The van der Waals surface area contributed by atoms with Crippen LogP contribution in [0.5, 0.6) is 0 Å². The quantitative estimate of drug-likeness (QED) is 0.774.